The smallest absolute Gasteiger partial charge is 0.306 e. The minimum atomic E-state index is -0.656. The lowest BCUT2D eigenvalue weighted by molar-refractivity contribution is -0.141. The molecule has 30 heavy (non-hydrogen) atoms. The third kappa shape index (κ3) is 3.58. The zero-order chi connectivity index (χ0) is 21.7. The molecule has 9 atom stereocenters. The Morgan fingerprint density at radius 3 is 2.60 bits per heavy atom. The van der Waals surface area contributed by atoms with Gasteiger partial charge in [0.1, 0.15) is 0 Å². The molecule has 0 aromatic carbocycles. The number of hydrogen-bond donors (Lipinski definition) is 1. The van der Waals surface area contributed by atoms with Crippen LogP contribution < -0.4 is 0 Å². The van der Waals surface area contributed by atoms with Crippen molar-refractivity contribution < 1.29 is 14.7 Å². The Balaban J connectivity index is 1.44. The maximum absolute atomic E-state index is 12.0. The van der Waals surface area contributed by atoms with E-state index in [9.17, 15) is 9.59 Å². The zero-order valence-electron chi connectivity index (χ0n) is 19.5. The highest BCUT2D eigenvalue weighted by Gasteiger charge is 2.59. The van der Waals surface area contributed by atoms with E-state index in [-0.39, 0.29) is 11.3 Å². The Labute approximate surface area is 183 Å². The summed E-state index contributed by atoms with van der Waals surface area (Å²) in [6.07, 6.45) is 15.9. The van der Waals surface area contributed by atoms with Crippen LogP contribution in [0, 0.1) is 52.3 Å². The lowest BCUT2D eigenvalue weighted by Gasteiger charge is -2.59. The van der Waals surface area contributed by atoms with Crippen LogP contribution in [0.5, 0.6) is 0 Å². The maximum Gasteiger partial charge on any atom is 0.306 e. The van der Waals surface area contributed by atoms with E-state index in [1.807, 2.05) is 13.0 Å². The highest BCUT2D eigenvalue weighted by Crippen LogP contribution is 2.67. The zero-order valence-corrected chi connectivity index (χ0v) is 19.5. The molecule has 3 fully saturated rings. The van der Waals surface area contributed by atoms with E-state index in [0.717, 1.165) is 42.9 Å². The number of carboxylic acids is 1. The average molecular weight is 415 g/mol. The number of allylic oxidation sites excluding steroid dienone is 2. The molecule has 1 N–H and O–H groups in total. The van der Waals surface area contributed by atoms with E-state index >= 15 is 0 Å². The Kier molecular flexibility index (Phi) is 5.96. The first-order valence-electron chi connectivity index (χ1n) is 12.6. The lowest BCUT2D eigenvalue weighted by atomic mass is 9.45. The van der Waals surface area contributed by atoms with Crippen molar-refractivity contribution >= 4 is 11.8 Å². The quantitative estimate of drug-likeness (QED) is 0.538. The molecule has 0 radical (unpaired) electrons. The van der Waals surface area contributed by atoms with E-state index in [0.29, 0.717) is 23.0 Å². The van der Waals surface area contributed by atoms with Crippen molar-refractivity contribution in [3.8, 4) is 0 Å². The molecule has 0 heterocycles. The Hall–Kier alpha value is -1.12. The number of hydrogen-bond acceptors (Lipinski definition) is 2. The van der Waals surface area contributed by atoms with Crippen molar-refractivity contribution in [3.63, 3.8) is 0 Å². The van der Waals surface area contributed by atoms with Crippen LogP contribution in [0.25, 0.3) is 0 Å². The second-order valence-corrected chi connectivity index (χ2v) is 11.9. The van der Waals surface area contributed by atoms with Crippen LogP contribution in [0.1, 0.15) is 91.9 Å². The minimum absolute atomic E-state index is 0.217. The van der Waals surface area contributed by atoms with Gasteiger partial charge in [-0.2, -0.15) is 0 Å². The number of carbonyl (C=O) groups is 2. The van der Waals surface area contributed by atoms with Gasteiger partial charge in [0.15, 0.2) is 5.78 Å². The standard InChI is InChI=1S/C27H42O3/c1-17(6-5-7-18(2)25(29)30)22-10-11-23-21-9-8-19-16-20(28)12-14-26(19,3)24(21)13-15-27(22,23)4/h12,14,17-19,21-24H,5-11,13,15-16H2,1-4H3,(H,29,30)/t17-,18?,19?,21+,22-,23+,24+,26+,27-/m1/s1. The summed E-state index contributed by atoms with van der Waals surface area (Å²) in [5.74, 6) is 3.93. The highest BCUT2D eigenvalue weighted by atomic mass is 16.4. The molecule has 4 aliphatic carbocycles. The van der Waals surface area contributed by atoms with E-state index < -0.39 is 5.97 Å². The summed E-state index contributed by atoms with van der Waals surface area (Å²) in [4.78, 5) is 23.1. The molecule has 3 nitrogen and oxygen atoms in total. The van der Waals surface area contributed by atoms with Gasteiger partial charge in [0.25, 0.3) is 0 Å². The van der Waals surface area contributed by atoms with Gasteiger partial charge in [0.2, 0.25) is 0 Å². The summed E-state index contributed by atoms with van der Waals surface area (Å²) in [6, 6.07) is 0. The van der Waals surface area contributed by atoms with Crippen LogP contribution in [0.3, 0.4) is 0 Å². The van der Waals surface area contributed by atoms with Crippen molar-refractivity contribution in [2.75, 3.05) is 0 Å². The lowest BCUT2D eigenvalue weighted by Crippen LogP contribution is -2.52. The van der Waals surface area contributed by atoms with Crippen LogP contribution >= 0.6 is 0 Å². The number of carbonyl (C=O) groups excluding carboxylic acids is 1. The molecule has 3 saturated carbocycles. The molecular formula is C27H42O3. The van der Waals surface area contributed by atoms with Crippen molar-refractivity contribution in [2.24, 2.45) is 52.3 Å². The van der Waals surface area contributed by atoms with Crippen molar-refractivity contribution in [1.82, 2.24) is 0 Å². The van der Waals surface area contributed by atoms with Gasteiger partial charge in [-0.15, -0.1) is 0 Å². The summed E-state index contributed by atoms with van der Waals surface area (Å²) in [7, 11) is 0. The monoisotopic (exact) mass is 414 g/mol. The molecule has 4 rings (SSSR count). The third-order valence-corrected chi connectivity index (χ3v) is 10.5. The predicted molar refractivity (Wildman–Crippen MR) is 120 cm³/mol. The normalized spacial score (nSPS) is 44.7. The van der Waals surface area contributed by atoms with Gasteiger partial charge < -0.3 is 5.11 Å². The fourth-order valence-electron chi connectivity index (χ4n) is 8.68. The summed E-state index contributed by atoms with van der Waals surface area (Å²) in [5, 5.41) is 9.16. The van der Waals surface area contributed by atoms with E-state index in [2.05, 4.69) is 26.8 Å². The van der Waals surface area contributed by atoms with Gasteiger partial charge in [0.05, 0.1) is 5.92 Å². The Morgan fingerprint density at radius 1 is 1.10 bits per heavy atom. The Bertz CT molecular complexity index is 711. The molecule has 0 bridgehead atoms. The first-order chi connectivity index (χ1) is 14.2. The van der Waals surface area contributed by atoms with Gasteiger partial charge >= 0.3 is 5.97 Å². The summed E-state index contributed by atoms with van der Waals surface area (Å²) >= 11 is 0. The molecule has 0 aromatic rings. The Morgan fingerprint density at radius 2 is 1.87 bits per heavy atom. The molecular weight excluding hydrogens is 372 g/mol. The van der Waals surface area contributed by atoms with Gasteiger partial charge in [-0.1, -0.05) is 46.6 Å². The molecule has 0 aromatic heterocycles. The molecule has 168 valence electrons. The number of aliphatic carboxylic acids is 1. The van der Waals surface area contributed by atoms with Gasteiger partial charge in [-0.3, -0.25) is 9.59 Å². The van der Waals surface area contributed by atoms with Crippen LogP contribution in [-0.4, -0.2) is 16.9 Å². The summed E-state index contributed by atoms with van der Waals surface area (Å²) in [6.45, 7) is 9.32. The fraction of sp³-hybridized carbons (Fsp3) is 0.852. The second-order valence-electron chi connectivity index (χ2n) is 11.9. The molecule has 0 saturated heterocycles. The molecule has 4 aliphatic rings. The minimum Gasteiger partial charge on any atom is -0.481 e. The molecule has 2 unspecified atom stereocenters. The van der Waals surface area contributed by atoms with Crippen molar-refractivity contribution in [2.45, 2.75) is 91.9 Å². The SMILES string of the molecule is CC(CCC[C@@H](C)[C@H]1CC[C@H]2[C@@H]3CCC4CC(=O)C=C[C@]4(C)[C@H]3CC[C@]12C)C(=O)O. The second kappa shape index (κ2) is 8.10. The topological polar surface area (TPSA) is 54.4 Å². The van der Waals surface area contributed by atoms with Crippen LogP contribution in [0.2, 0.25) is 0 Å². The van der Waals surface area contributed by atoms with Gasteiger partial charge in [-0.25, -0.2) is 0 Å². The summed E-state index contributed by atoms with van der Waals surface area (Å²) in [5.41, 5.74) is 0.686. The summed E-state index contributed by atoms with van der Waals surface area (Å²) < 4.78 is 0. The van der Waals surface area contributed by atoms with Crippen LogP contribution in [0.4, 0.5) is 0 Å². The molecule has 0 amide bonds. The third-order valence-electron chi connectivity index (χ3n) is 10.5. The van der Waals surface area contributed by atoms with E-state index in [1.165, 1.54) is 44.9 Å². The number of rotatable bonds is 6. The predicted octanol–water partition coefficient (Wildman–Crippen LogP) is 6.52. The van der Waals surface area contributed by atoms with Crippen molar-refractivity contribution in [3.05, 3.63) is 12.2 Å². The first-order valence-corrected chi connectivity index (χ1v) is 12.6. The number of ketones is 1. The van der Waals surface area contributed by atoms with E-state index in [4.69, 9.17) is 5.11 Å². The highest BCUT2D eigenvalue weighted by molar-refractivity contribution is 5.91. The van der Waals surface area contributed by atoms with Gasteiger partial charge in [0, 0.05) is 6.42 Å². The van der Waals surface area contributed by atoms with Crippen LogP contribution in [0.15, 0.2) is 12.2 Å². The average Bonchev–Trinajstić information content (AvgIpc) is 3.05. The maximum atomic E-state index is 12.0. The molecule has 0 aliphatic heterocycles. The number of carboxylic acid groups (broad SMARTS) is 1. The molecule has 0 spiro atoms. The first kappa shape index (κ1) is 22.1. The number of fused-ring (bicyclic) bond motifs is 5. The van der Waals surface area contributed by atoms with Crippen molar-refractivity contribution in [1.29, 1.82) is 0 Å². The largest absolute Gasteiger partial charge is 0.481 e. The van der Waals surface area contributed by atoms with Crippen LogP contribution in [-0.2, 0) is 9.59 Å². The fourth-order valence-corrected chi connectivity index (χ4v) is 8.68. The van der Waals surface area contributed by atoms with Gasteiger partial charge in [-0.05, 0) is 97.4 Å². The van der Waals surface area contributed by atoms with E-state index in [1.54, 1.807) is 0 Å². The molecule has 3 heteroatoms.